The predicted octanol–water partition coefficient (Wildman–Crippen LogP) is 9.63. The van der Waals surface area contributed by atoms with E-state index < -0.39 is 0 Å². The molecular formula is C31H45Cl2LiO4P. The summed E-state index contributed by atoms with van der Waals surface area (Å²) < 4.78 is 18.7. The summed E-state index contributed by atoms with van der Waals surface area (Å²) in [5, 5.41) is 1.45. The molecule has 0 bridgehead atoms. The van der Waals surface area contributed by atoms with Crippen LogP contribution in [0, 0.1) is 0 Å². The Kier molecular flexibility index (Phi) is 20.2. The monoisotopic (exact) mass is 589 g/mol. The van der Waals surface area contributed by atoms with Gasteiger partial charge in [0.1, 0.15) is 17.2 Å². The minimum absolute atomic E-state index is 0. The maximum absolute atomic E-state index is 13.4. The van der Waals surface area contributed by atoms with E-state index in [1.54, 1.807) is 18.2 Å². The molecule has 0 fully saturated rings. The molecule has 39 heavy (non-hydrogen) atoms. The minimum atomic E-state index is -0.244. The van der Waals surface area contributed by atoms with Crippen molar-refractivity contribution in [3.63, 3.8) is 0 Å². The average molecular weight is 591 g/mol. The summed E-state index contributed by atoms with van der Waals surface area (Å²) in [6.45, 7) is 8.38. The second kappa shape index (κ2) is 21.8. The summed E-state index contributed by atoms with van der Waals surface area (Å²) in [5.41, 5.74) is 0.203. The van der Waals surface area contributed by atoms with Crippen LogP contribution in [-0.2, 0) is 0 Å². The van der Waals surface area contributed by atoms with E-state index in [1.165, 1.54) is 25.7 Å². The van der Waals surface area contributed by atoms with Gasteiger partial charge in [-0.25, -0.2) is 0 Å². The third-order valence-electron chi connectivity index (χ3n) is 6.25. The van der Waals surface area contributed by atoms with E-state index in [0.29, 0.717) is 52.7 Å². The number of carbonyl (C=O) groups is 1. The third-order valence-corrected chi connectivity index (χ3v) is 8.10. The first-order valence-electron chi connectivity index (χ1n) is 14.3. The molecule has 0 N–H and O–H groups in total. The van der Waals surface area contributed by atoms with E-state index in [9.17, 15) is 4.79 Å². The first-order chi connectivity index (χ1) is 18.5. The van der Waals surface area contributed by atoms with Crippen LogP contribution in [0.15, 0.2) is 30.3 Å². The molecule has 0 amide bonds. The maximum atomic E-state index is 13.4. The first kappa shape index (κ1) is 36.1. The maximum Gasteiger partial charge on any atom is 0.188 e. The van der Waals surface area contributed by atoms with E-state index in [0.717, 1.165) is 56.7 Å². The molecule has 0 spiro atoms. The quantitative estimate of drug-likeness (QED) is 0.0825. The summed E-state index contributed by atoms with van der Waals surface area (Å²) in [6.07, 6.45) is 13.3. The molecule has 4 nitrogen and oxygen atoms in total. The summed E-state index contributed by atoms with van der Waals surface area (Å²) in [5.74, 6) is 2.00. The van der Waals surface area contributed by atoms with E-state index in [1.807, 2.05) is 12.1 Å². The molecule has 1 unspecified atom stereocenters. The van der Waals surface area contributed by atoms with Crippen LogP contribution in [0.2, 0.25) is 10.0 Å². The van der Waals surface area contributed by atoms with E-state index in [-0.39, 0.29) is 33.0 Å². The molecule has 2 rings (SSSR count). The van der Waals surface area contributed by atoms with Gasteiger partial charge in [0.15, 0.2) is 5.52 Å². The SMILES string of the molecule is CCCCCCOc1cc(OCCCCCC)c(PC(=O)c2c(Cl)cccc2Cl)c(OCCCCCC)c1.[Li]. The topological polar surface area (TPSA) is 44.8 Å². The van der Waals surface area contributed by atoms with Crippen LogP contribution in [0.5, 0.6) is 17.2 Å². The van der Waals surface area contributed by atoms with Gasteiger partial charge in [-0.3, -0.25) is 4.79 Å². The second-order valence-corrected chi connectivity index (χ2v) is 11.6. The first-order valence-corrected chi connectivity index (χ1v) is 16.1. The molecule has 8 heteroatoms. The van der Waals surface area contributed by atoms with Crippen molar-refractivity contribution in [3.8, 4) is 17.2 Å². The Morgan fingerprint density at radius 3 is 1.56 bits per heavy atom. The fraction of sp³-hybridized carbons (Fsp3) is 0.581. The molecule has 0 aromatic heterocycles. The molecule has 0 heterocycles. The Hall–Kier alpha value is -0.883. The summed E-state index contributed by atoms with van der Waals surface area (Å²) >= 11 is 12.7. The van der Waals surface area contributed by atoms with Gasteiger partial charge in [0, 0.05) is 31.0 Å². The molecular weight excluding hydrogens is 545 g/mol. The molecule has 0 aliphatic heterocycles. The summed E-state index contributed by atoms with van der Waals surface area (Å²) in [6, 6.07) is 8.95. The molecule has 0 aliphatic rings. The van der Waals surface area contributed by atoms with Crippen LogP contribution in [0.1, 0.15) is 108 Å². The van der Waals surface area contributed by atoms with Crippen molar-refractivity contribution < 1.29 is 19.0 Å². The molecule has 1 atom stereocenters. The zero-order valence-corrected chi connectivity index (χ0v) is 26.9. The predicted molar refractivity (Wildman–Crippen MR) is 170 cm³/mol. The van der Waals surface area contributed by atoms with Gasteiger partial charge < -0.3 is 14.2 Å². The van der Waals surface area contributed by atoms with Gasteiger partial charge in [-0.05, 0) is 40.0 Å². The standard InChI is InChI=1S/C31H45Cl2O4P.Li/c1-4-7-10-13-19-35-24-22-27(36-20-14-11-8-5-2)30(28(23-24)37-21-15-12-9-6-3)38-31(34)29-25(32)17-16-18-26(29)33;/h16-18,22-23,38H,4-15,19-21H2,1-3H3;. The van der Waals surface area contributed by atoms with Crippen molar-refractivity contribution in [1.29, 1.82) is 0 Å². The van der Waals surface area contributed by atoms with Gasteiger partial charge in [0.05, 0.1) is 40.7 Å². The Morgan fingerprint density at radius 2 is 1.13 bits per heavy atom. The fourth-order valence-electron chi connectivity index (χ4n) is 4.03. The normalized spacial score (nSPS) is 11.0. The zero-order valence-electron chi connectivity index (χ0n) is 24.4. The van der Waals surface area contributed by atoms with Gasteiger partial charge in [0.2, 0.25) is 0 Å². The van der Waals surface area contributed by atoms with Crippen LogP contribution in [0.25, 0.3) is 0 Å². The Bertz CT molecular complexity index is 918. The Labute approximate surface area is 260 Å². The van der Waals surface area contributed by atoms with Crippen LogP contribution >= 0.6 is 31.8 Å². The van der Waals surface area contributed by atoms with Gasteiger partial charge in [-0.1, -0.05) is 108 Å². The van der Waals surface area contributed by atoms with Gasteiger partial charge in [-0.2, -0.15) is 0 Å². The minimum Gasteiger partial charge on any atom is -0.493 e. The largest absolute Gasteiger partial charge is 0.493 e. The zero-order chi connectivity index (χ0) is 27.6. The van der Waals surface area contributed by atoms with Crippen molar-refractivity contribution in [1.82, 2.24) is 0 Å². The summed E-state index contributed by atoms with van der Waals surface area (Å²) in [7, 11) is -0.244. The van der Waals surface area contributed by atoms with Crippen LogP contribution < -0.4 is 19.5 Å². The summed E-state index contributed by atoms with van der Waals surface area (Å²) in [4.78, 5) is 13.4. The number of rotatable bonds is 21. The smallest absolute Gasteiger partial charge is 0.188 e. The molecule has 213 valence electrons. The van der Waals surface area contributed by atoms with Crippen molar-refractivity contribution in [3.05, 3.63) is 45.9 Å². The molecule has 2 aromatic carbocycles. The molecule has 2 aromatic rings. The molecule has 0 saturated carbocycles. The number of ether oxygens (including phenoxy) is 3. The van der Waals surface area contributed by atoms with Crippen molar-refractivity contribution in [2.75, 3.05) is 19.8 Å². The Balaban J connectivity index is 0.00000760. The average Bonchev–Trinajstić information content (AvgIpc) is 2.89. The number of hydrogen-bond donors (Lipinski definition) is 0. The van der Waals surface area contributed by atoms with Gasteiger partial charge in [-0.15, -0.1) is 0 Å². The van der Waals surface area contributed by atoms with E-state index in [2.05, 4.69) is 20.8 Å². The van der Waals surface area contributed by atoms with Crippen molar-refractivity contribution in [2.45, 2.75) is 97.8 Å². The van der Waals surface area contributed by atoms with Gasteiger partial charge in [0.25, 0.3) is 0 Å². The number of unbranched alkanes of at least 4 members (excludes halogenated alkanes) is 9. The van der Waals surface area contributed by atoms with Crippen molar-refractivity contribution >= 4 is 61.5 Å². The van der Waals surface area contributed by atoms with Crippen LogP contribution in [0.3, 0.4) is 0 Å². The second-order valence-electron chi connectivity index (χ2n) is 9.57. The number of hydrogen-bond acceptors (Lipinski definition) is 4. The molecule has 0 aliphatic carbocycles. The number of benzene rings is 2. The van der Waals surface area contributed by atoms with Crippen LogP contribution in [-0.4, -0.2) is 44.2 Å². The van der Waals surface area contributed by atoms with E-state index in [4.69, 9.17) is 37.4 Å². The van der Waals surface area contributed by atoms with Gasteiger partial charge >= 0.3 is 0 Å². The van der Waals surface area contributed by atoms with E-state index >= 15 is 0 Å². The van der Waals surface area contributed by atoms with Crippen molar-refractivity contribution in [2.24, 2.45) is 0 Å². The Morgan fingerprint density at radius 1 is 0.692 bits per heavy atom. The third kappa shape index (κ3) is 13.6. The van der Waals surface area contributed by atoms with Crippen LogP contribution in [0.4, 0.5) is 0 Å². The number of halogens is 2. The number of carbonyl (C=O) groups excluding carboxylic acids is 1. The molecule has 1 radical (unpaired) electrons. The molecule has 0 saturated heterocycles. The fourth-order valence-corrected chi connectivity index (χ4v) is 5.92.